The molecule has 308 valence electrons. The van der Waals surface area contributed by atoms with Gasteiger partial charge in [-0.15, -0.1) is 11.6 Å². The number of rotatable bonds is 4. The van der Waals surface area contributed by atoms with Gasteiger partial charge in [0.2, 0.25) is 5.78 Å². The van der Waals surface area contributed by atoms with Crippen LogP contribution in [-0.4, -0.2) is 89.1 Å². The predicted molar refractivity (Wildman–Crippen MR) is 216 cm³/mol. The van der Waals surface area contributed by atoms with Crippen molar-refractivity contribution in [3.05, 3.63) is 58.0 Å². The van der Waals surface area contributed by atoms with Gasteiger partial charge in [0.1, 0.15) is 28.6 Å². The number of piperidine rings is 1. The van der Waals surface area contributed by atoms with Gasteiger partial charge >= 0.3 is 12.3 Å². The number of aromatic hydroxyl groups is 2. The summed E-state index contributed by atoms with van der Waals surface area (Å²) in [4.78, 5) is 52.9. The molecule has 0 aromatic heterocycles. The predicted octanol–water partition coefficient (Wildman–Crippen LogP) is 6.14. The third-order valence-electron chi connectivity index (χ3n) is 11.2. The number of ketones is 1. The van der Waals surface area contributed by atoms with E-state index in [9.17, 15) is 24.6 Å². The molecule has 1 fully saturated rings. The lowest BCUT2D eigenvalue weighted by Crippen LogP contribution is -2.43. The Bertz CT molecular complexity index is 2140. The van der Waals surface area contributed by atoms with E-state index >= 15 is 0 Å². The summed E-state index contributed by atoms with van der Waals surface area (Å²) in [5.41, 5.74) is -0.257. The number of carbonyl (C=O) groups excluding carboxylic acids is 3. The van der Waals surface area contributed by atoms with Crippen molar-refractivity contribution in [3.8, 4) is 17.2 Å². The third-order valence-corrected chi connectivity index (χ3v) is 11.7. The first-order valence-corrected chi connectivity index (χ1v) is 20.3. The lowest BCUT2D eigenvalue weighted by molar-refractivity contribution is -0.147. The van der Waals surface area contributed by atoms with Crippen molar-refractivity contribution in [2.45, 2.75) is 110 Å². The van der Waals surface area contributed by atoms with Crippen LogP contribution in [0.5, 0.6) is 17.2 Å². The quantitative estimate of drug-likeness (QED) is 0.185. The van der Waals surface area contributed by atoms with Crippen LogP contribution >= 0.6 is 11.6 Å². The van der Waals surface area contributed by atoms with E-state index in [4.69, 9.17) is 40.5 Å². The summed E-state index contributed by atoms with van der Waals surface area (Å²) in [5, 5.41) is 26.7. The Morgan fingerprint density at radius 1 is 1.05 bits per heavy atom. The lowest BCUT2D eigenvalue weighted by Gasteiger charge is -2.36. The zero-order chi connectivity index (χ0) is 41.3. The van der Waals surface area contributed by atoms with Crippen molar-refractivity contribution >= 4 is 45.7 Å². The van der Waals surface area contributed by atoms with E-state index in [0.717, 1.165) is 26.1 Å². The number of hydrogen-bond acceptors (Lipinski definition) is 12. The molecule has 1 spiro atoms. The smallest absolute Gasteiger partial charge is 0.304 e. The highest BCUT2D eigenvalue weighted by Gasteiger charge is 2.43. The van der Waals surface area contributed by atoms with E-state index in [0.29, 0.717) is 30.8 Å². The molecule has 4 aliphatic rings. The molecule has 6 rings (SSSR count). The third kappa shape index (κ3) is 8.85. The number of hydrogen-bond donors (Lipinski definition) is 3. The van der Waals surface area contributed by atoms with Crippen LogP contribution in [0.3, 0.4) is 0 Å². The van der Waals surface area contributed by atoms with Crippen LogP contribution in [0.4, 0.5) is 5.69 Å². The molecule has 2 aromatic rings. The summed E-state index contributed by atoms with van der Waals surface area (Å²) in [6, 6.07) is 0. The number of phenolic OH excluding ortho intramolecular Hbond substituents is 2. The summed E-state index contributed by atoms with van der Waals surface area (Å²) in [5.74, 6) is -1.41. The molecule has 4 heterocycles. The summed E-state index contributed by atoms with van der Waals surface area (Å²) in [6.45, 7) is 15.5. The number of fused-ring (bicyclic) bond motifs is 1. The van der Waals surface area contributed by atoms with Crippen LogP contribution in [0.15, 0.2) is 46.1 Å². The standard InChI is InChI=1S/C43H55ClN4O9/c1-22(2)21-48-15-13-43(14-16-48)46-34-31-32-37(50)26(6)40-33(31)39(52)42(57-40)55-17-12-28(54-8)20-30(56-27(7)49)29(44)19-24(4)18-23(3)10-9-11-25(5)41(53)45-36(38(32)51)35(34)47-43/h9-12,17,22-24,28-30,42,50-51H,13-16,18-21H2,1-8H3,(H,45,53)/b10-9+,17-12+,25-11-/t23-,24+,28-,29+,30+,42?/m0/s1. The van der Waals surface area contributed by atoms with E-state index in [1.54, 1.807) is 26.0 Å². The number of anilines is 1. The van der Waals surface area contributed by atoms with Crippen molar-refractivity contribution in [2.24, 2.45) is 27.7 Å². The molecule has 3 N–H and O–H groups in total. The number of benzene rings is 2. The van der Waals surface area contributed by atoms with Crippen molar-refractivity contribution < 1.29 is 43.5 Å². The molecule has 14 heteroatoms. The fourth-order valence-electron chi connectivity index (χ4n) is 8.33. The van der Waals surface area contributed by atoms with Crippen molar-refractivity contribution in [3.63, 3.8) is 0 Å². The van der Waals surface area contributed by atoms with E-state index in [2.05, 4.69) is 37.9 Å². The van der Waals surface area contributed by atoms with E-state index < -0.39 is 52.9 Å². The molecule has 13 nitrogen and oxygen atoms in total. The van der Waals surface area contributed by atoms with Crippen molar-refractivity contribution in [1.82, 2.24) is 4.90 Å². The van der Waals surface area contributed by atoms with Crippen molar-refractivity contribution in [2.75, 3.05) is 32.1 Å². The van der Waals surface area contributed by atoms with Gasteiger partial charge in [0, 0.05) is 69.5 Å². The maximum atomic E-state index is 14.3. The molecule has 0 saturated carbocycles. The summed E-state index contributed by atoms with van der Waals surface area (Å²) < 4.78 is 23.3. The molecule has 4 bridgehead atoms. The highest BCUT2D eigenvalue weighted by molar-refractivity contribution is 6.21. The zero-order valence-electron chi connectivity index (χ0n) is 34.1. The molecule has 4 aliphatic heterocycles. The van der Waals surface area contributed by atoms with Crippen molar-refractivity contribution in [1.29, 1.82) is 0 Å². The molecule has 0 radical (unpaired) electrons. The number of Topliss-reactive ketones (excluding diaryl/α,β-unsaturated/α-hetero) is 1. The average molecular weight is 807 g/mol. The number of methoxy groups -OCH3 is 1. The Kier molecular flexibility index (Phi) is 12.7. The fourth-order valence-corrected chi connectivity index (χ4v) is 8.79. The normalized spacial score (nSPS) is 28.8. The van der Waals surface area contributed by atoms with E-state index in [1.165, 1.54) is 20.3 Å². The molecule has 2 aromatic carbocycles. The topological polar surface area (TPSA) is 169 Å². The number of nitrogens with zero attached hydrogens (tertiary/aromatic N) is 3. The number of ether oxygens (including phenoxy) is 4. The molecule has 0 aliphatic carbocycles. The van der Waals surface area contributed by atoms with Crippen LogP contribution in [0.2, 0.25) is 0 Å². The molecule has 1 saturated heterocycles. The number of esters is 1. The largest absolute Gasteiger partial charge is 0.507 e. The number of likely N-dealkylation sites (tertiary alicyclic amines) is 1. The second-order valence-electron chi connectivity index (χ2n) is 16.4. The van der Waals surface area contributed by atoms with Gasteiger partial charge in [-0.3, -0.25) is 24.4 Å². The van der Waals surface area contributed by atoms with Crippen LogP contribution in [-0.2, 0) is 23.8 Å². The van der Waals surface area contributed by atoms with Crippen LogP contribution in [0.1, 0.15) is 89.6 Å². The van der Waals surface area contributed by atoms with E-state index in [-0.39, 0.29) is 68.1 Å². The molecule has 6 atom stereocenters. The van der Waals surface area contributed by atoms with Gasteiger partial charge in [-0.2, -0.15) is 0 Å². The number of allylic oxidation sites excluding steroid dienone is 3. The van der Waals surface area contributed by atoms with Gasteiger partial charge in [-0.25, -0.2) is 0 Å². The number of amides is 1. The Morgan fingerprint density at radius 2 is 1.75 bits per heavy atom. The monoisotopic (exact) mass is 806 g/mol. The van der Waals surface area contributed by atoms with Gasteiger partial charge in [0.15, 0.2) is 11.4 Å². The minimum atomic E-state index is -1.44. The summed E-state index contributed by atoms with van der Waals surface area (Å²) >= 11 is 6.89. The number of carbonyl (C=O) groups is 3. The molecule has 1 unspecified atom stereocenters. The average Bonchev–Trinajstić information content (AvgIpc) is 3.68. The first kappa shape index (κ1) is 42.2. The number of alkyl halides is 1. The summed E-state index contributed by atoms with van der Waals surface area (Å²) in [6.07, 6.45) is 8.44. The zero-order valence-corrected chi connectivity index (χ0v) is 34.8. The second-order valence-corrected chi connectivity index (χ2v) is 17.0. The molecule has 57 heavy (non-hydrogen) atoms. The number of phenols is 2. The number of halogens is 1. The summed E-state index contributed by atoms with van der Waals surface area (Å²) in [7, 11) is 1.51. The minimum absolute atomic E-state index is 0.00570. The lowest BCUT2D eigenvalue weighted by atomic mass is 9.91. The maximum Gasteiger partial charge on any atom is 0.304 e. The highest BCUT2D eigenvalue weighted by atomic mass is 35.5. The van der Waals surface area contributed by atoms with E-state index in [1.807, 2.05) is 12.2 Å². The fraction of sp³-hybridized carbons (Fsp3) is 0.558. The minimum Gasteiger partial charge on any atom is -0.507 e. The Hall–Kier alpha value is -4.46. The van der Waals surface area contributed by atoms with Crippen LogP contribution in [0, 0.1) is 24.7 Å². The van der Waals surface area contributed by atoms with Gasteiger partial charge in [0.25, 0.3) is 5.91 Å². The van der Waals surface area contributed by atoms with Gasteiger partial charge in [0.05, 0.1) is 34.1 Å². The Morgan fingerprint density at radius 3 is 2.42 bits per heavy atom. The SMILES string of the molecule is CO[C@H]1/C=C/OC2Oc3c(C)c(O)c4c(O)c(c5c(c4c3C2=O)=NC2(CCN(CC(C)C)CC2)N=5)NC(=O)/C(C)=C\C=C\[C@H](C)C[C@@H](C)C[C@@H](Cl)[C@H](OC(C)=O)C1. The highest BCUT2D eigenvalue weighted by Crippen LogP contribution is 2.48. The van der Waals surface area contributed by atoms with Gasteiger partial charge < -0.3 is 39.4 Å². The Labute approximate surface area is 338 Å². The Balaban J connectivity index is 1.49. The molecule has 1 amide bonds. The number of nitrogens with one attached hydrogen (secondary N) is 1. The first-order chi connectivity index (χ1) is 27.0. The molecular weight excluding hydrogens is 752 g/mol. The van der Waals surface area contributed by atoms with Gasteiger partial charge in [-0.05, 0) is 50.5 Å². The van der Waals surface area contributed by atoms with Crippen LogP contribution in [0.25, 0.3) is 10.8 Å². The first-order valence-electron chi connectivity index (χ1n) is 19.8. The van der Waals surface area contributed by atoms with Crippen LogP contribution < -0.4 is 20.8 Å². The molecular formula is C43H55ClN4O9. The maximum absolute atomic E-state index is 14.3. The second kappa shape index (κ2) is 17.2. The van der Waals surface area contributed by atoms with Gasteiger partial charge in [-0.1, -0.05) is 45.9 Å².